The maximum Gasteiger partial charge on any atom is 0.166 e. The summed E-state index contributed by atoms with van der Waals surface area (Å²) in [6.45, 7) is 4.05. The van der Waals surface area contributed by atoms with E-state index in [-0.39, 0.29) is 0 Å². The molecule has 24 heavy (non-hydrogen) atoms. The molecule has 0 saturated carbocycles. The van der Waals surface area contributed by atoms with Crippen molar-refractivity contribution in [2.24, 2.45) is 0 Å². The molecule has 3 heterocycles. The minimum absolute atomic E-state index is 0.735. The van der Waals surface area contributed by atoms with Crippen molar-refractivity contribution in [1.29, 1.82) is 0 Å². The van der Waals surface area contributed by atoms with E-state index in [1.165, 1.54) is 0 Å². The lowest BCUT2D eigenvalue weighted by Gasteiger charge is -2.11. The Bertz CT molecular complexity index is 988. The van der Waals surface area contributed by atoms with Crippen molar-refractivity contribution >= 4 is 33.8 Å². The van der Waals surface area contributed by atoms with E-state index in [0.29, 0.717) is 0 Å². The molecule has 0 aliphatic heterocycles. The van der Waals surface area contributed by atoms with E-state index in [4.69, 9.17) is 4.74 Å². The highest BCUT2D eigenvalue weighted by Gasteiger charge is 2.11. The number of H-pyrrole nitrogens is 2. The Morgan fingerprint density at radius 1 is 1.12 bits per heavy atom. The Morgan fingerprint density at radius 2 is 1.96 bits per heavy atom. The van der Waals surface area contributed by atoms with Crippen molar-refractivity contribution < 1.29 is 4.74 Å². The van der Waals surface area contributed by atoms with Gasteiger partial charge >= 0.3 is 0 Å². The van der Waals surface area contributed by atoms with Crippen molar-refractivity contribution in [3.63, 3.8) is 0 Å². The lowest BCUT2D eigenvalue weighted by atomic mass is 10.1. The van der Waals surface area contributed by atoms with Gasteiger partial charge in [-0.25, -0.2) is 9.97 Å². The number of hydrogen-bond acceptors (Lipinski definition) is 5. The van der Waals surface area contributed by atoms with E-state index in [1.54, 1.807) is 25.2 Å². The van der Waals surface area contributed by atoms with Crippen LogP contribution in [-0.4, -0.2) is 32.0 Å². The number of benzene rings is 1. The van der Waals surface area contributed by atoms with E-state index in [1.807, 2.05) is 32.2 Å². The smallest absolute Gasteiger partial charge is 0.166 e. The molecule has 4 aromatic rings. The van der Waals surface area contributed by atoms with Gasteiger partial charge in [0.2, 0.25) is 0 Å². The fourth-order valence-electron chi connectivity index (χ4n) is 2.84. The Kier molecular flexibility index (Phi) is 3.65. The van der Waals surface area contributed by atoms with Crippen LogP contribution in [0.25, 0.3) is 22.1 Å². The predicted molar refractivity (Wildman–Crippen MR) is 95.6 cm³/mol. The van der Waals surface area contributed by atoms with Crippen LogP contribution in [-0.2, 0) is 5.75 Å². The van der Waals surface area contributed by atoms with Gasteiger partial charge in [-0.15, -0.1) is 0 Å². The number of fused-ring (bicyclic) bond motifs is 2. The van der Waals surface area contributed by atoms with Crippen LogP contribution in [0.1, 0.15) is 16.8 Å². The number of methoxy groups -OCH3 is 1. The fourth-order valence-corrected chi connectivity index (χ4v) is 3.75. The number of ether oxygens (including phenoxy) is 1. The lowest BCUT2D eigenvalue weighted by Crippen LogP contribution is -1.98. The van der Waals surface area contributed by atoms with Gasteiger partial charge in [0.15, 0.2) is 5.16 Å². The number of pyridine rings is 1. The van der Waals surface area contributed by atoms with Gasteiger partial charge in [-0.05, 0) is 26.0 Å². The van der Waals surface area contributed by atoms with Gasteiger partial charge in [0, 0.05) is 23.1 Å². The van der Waals surface area contributed by atoms with Gasteiger partial charge in [-0.3, -0.25) is 4.98 Å². The summed E-state index contributed by atoms with van der Waals surface area (Å²) >= 11 is 1.63. The van der Waals surface area contributed by atoms with E-state index in [9.17, 15) is 0 Å². The zero-order valence-corrected chi connectivity index (χ0v) is 14.5. The van der Waals surface area contributed by atoms with E-state index in [0.717, 1.165) is 55.5 Å². The first-order valence-corrected chi connectivity index (χ1v) is 8.59. The summed E-state index contributed by atoms with van der Waals surface area (Å²) in [4.78, 5) is 19.9. The fraction of sp³-hybridized carbons (Fsp3) is 0.235. The monoisotopic (exact) mass is 339 g/mol. The zero-order chi connectivity index (χ0) is 16.7. The summed E-state index contributed by atoms with van der Waals surface area (Å²) in [5, 5.41) is 0.874. The number of rotatable bonds is 4. The average Bonchev–Trinajstić information content (AvgIpc) is 3.17. The molecule has 0 aliphatic rings. The number of aromatic amines is 2. The Labute approximate surface area is 143 Å². The Morgan fingerprint density at radius 3 is 2.79 bits per heavy atom. The van der Waals surface area contributed by atoms with Crippen LogP contribution in [0.4, 0.5) is 0 Å². The van der Waals surface area contributed by atoms with E-state index < -0.39 is 0 Å². The molecule has 6 nitrogen and oxygen atoms in total. The van der Waals surface area contributed by atoms with Gasteiger partial charge < -0.3 is 14.7 Å². The molecular formula is C17H17N5OS. The van der Waals surface area contributed by atoms with Crippen LogP contribution in [0.2, 0.25) is 0 Å². The molecule has 0 spiro atoms. The molecule has 0 amide bonds. The highest BCUT2D eigenvalue weighted by Crippen LogP contribution is 2.29. The molecule has 0 aliphatic carbocycles. The maximum atomic E-state index is 5.47. The molecule has 0 unspecified atom stereocenters. The van der Waals surface area contributed by atoms with Gasteiger partial charge in [0.05, 0.1) is 41.2 Å². The third-order valence-corrected chi connectivity index (χ3v) is 4.98. The standard InChI is InChI=1S/C17H17N5OS/c1-9-6-18-15(10(2)16(9)23-3)7-24-17-21-13-4-11-12(20-8-19-11)5-14(13)22-17/h4-6,8H,7H2,1-3H3,(H,19,20)(H,21,22). The van der Waals surface area contributed by atoms with Crippen LogP contribution in [0.15, 0.2) is 29.8 Å². The number of aromatic nitrogens is 5. The summed E-state index contributed by atoms with van der Waals surface area (Å²) in [5.41, 5.74) is 6.99. The van der Waals surface area contributed by atoms with Crippen LogP contribution in [0.3, 0.4) is 0 Å². The summed E-state index contributed by atoms with van der Waals surface area (Å²) in [7, 11) is 1.70. The Balaban J connectivity index is 1.60. The van der Waals surface area contributed by atoms with Crippen molar-refractivity contribution in [3.05, 3.63) is 41.5 Å². The number of aryl methyl sites for hydroxylation is 1. The van der Waals surface area contributed by atoms with Gasteiger partial charge in [0.1, 0.15) is 5.75 Å². The van der Waals surface area contributed by atoms with Gasteiger partial charge in [0.25, 0.3) is 0 Å². The van der Waals surface area contributed by atoms with E-state index in [2.05, 4.69) is 24.9 Å². The second-order valence-corrected chi connectivity index (χ2v) is 6.63. The Hall–Kier alpha value is -2.54. The van der Waals surface area contributed by atoms with Crippen molar-refractivity contribution in [3.8, 4) is 5.75 Å². The summed E-state index contributed by atoms with van der Waals surface area (Å²) < 4.78 is 5.47. The topological polar surface area (TPSA) is 79.5 Å². The van der Waals surface area contributed by atoms with Crippen LogP contribution in [0, 0.1) is 13.8 Å². The van der Waals surface area contributed by atoms with Crippen molar-refractivity contribution in [1.82, 2.24) is 24.9 Å². The zero-order valence-electron chi connectivity index (χ0n) is 13.7. The van der Waals surface area contributed by atoms with Gasteiger partial charge in [-0.1, -0.05) is 11.8 Å². The maximum absolute atomic E-state index is 5.47. The molecule has 1 aromatic carbocycles. The molecule has 0 fully saturated rings. The number of nitrogens with zero attached hydrogens (tertiary/aromatic N) is 3. The first-order valence-electron chi connectivity index (χ1n) is 7.60. The minimum Gasteiger partial charge on any atom is -0.496 e. The number of hydrogen-bond donors (Lipinski definition) is 2. The first-order chi connectivity index (χ1) is 11.7. The first kappa shape index (κ1) is 15.0. The number of nitrogens with one attached hydrogen (secondary N) is 2. The largest absolute Gasteiger partial charge is 0.496 e. The van der Waals surface area contributed by atoms with Gasteiger partial charge in [-0.2, -0.15) is 0 Å². The number of imidazole rings is 2. The third-order valence-electron chi connectivity index (χ3n) is 4.10. The van der Waals surface area contributed by atoms with Crippen molar-refractivity contribution in [2.75, 3.05) is 7.11 Å². The quantitative estimate of drug-likeness (QED) is 0.554. The third kappa shape index (κ3) is 2.50. The second kappa shape index (κ2) is 5.83. The molecule has 7 heteroatoms. The molecule has 0 bridgehead atoms. The van der Waals surface area contributed by atoms with Crippen LogP contribution < -0.4 is 4.74 Å². The summed E-state index contributed by atoms with van der Waals surface area (Å²) in [5.74, 6) is 1.64. The molecule has 0 atom stereocenters. The highest BCUT2D eigenvalue weighted by atomic mass is 32.2. The predicted octanol–water partition coefficient (Wildman–Crippen LogP) is 3.75. The molecule has 3 aromatic heterocycles. The summed E-state index contributed by atoms with van der Waals surface area (Å²) in [6, 6.07) is 4.02. The average molecular weight is 339 g/mol. The molecule has 122 valence electrons. The molecule has 4 rings (SSSR count). The summed E-state index contributed by atoms with van der Waals surface area (Å²) in [6.07, 6.45) is 3.55. The normalized spacial score (nSPS) is 11.5. The minimum atomic E-state index is 0.735. The van der Waals surface area contributed by atoms with E-state index >= 15 is 0 Å². The lowest BCUT2D eigenvalue weighted by molar-refractivity contribution is 0.407. The SMILES string of the molecule is COc1c(C)cnc(CSc2nc3cc4[nH]cnc4cc3[nH]2)c1C. The number of thioether (sulfide) groups is 1. The highest BCUT2D eigenvalue weighted by molar-refractivity contribution is 7.98. The van der Waals surface area contributed by atoms with Crippen LogP contribution in [0.5, 0.6) is 5.75 Å². The second-order valence-electron chi connectivity index (χ2n) is 5.67. The molecular weight excluding hydrogens is 322 g/mol. The van der Waals surface area contributed by atoms with Crippen LogP contribution >= 0.6 is 11.8 Å². The van der Waals surface area contributed by atoms with Crippen molar-refractivity contribution in [2.45, 2.75) is 24.8 Å². The molecule has 0 radical (unpaired) electrons. The molecule has 2 N–H and O–H groups in total. The molecule has 0 saturated heterocycles.